The molecule has 0 aliphatic rings. The summed E-state index contributed by atoms with van der Waals surface area (Å²) in [6.07, 6.45) is 0.673. The van der Waals surface area contributed by atoms with Crippen LogP contribution >= 0.6 is 11.3 Å². The zero-order chi connectivity index (χ0) is 18.0. The minimum atomic E-state index is -1.34. The first kappa shape index (κ1) is 16.8. The van der Waals surface area contributed by atoms with Crippen LogP contribution in [-0.4, -0.2) is 38.2 Å². The Hall–Kier alpha value is -3.07. The summed E-state index contributed by atoms with van der Waals surface area (Å²) in [5.41, 5.74) is 1.43. The molecular formula is C16H12FN3O4S. The second kappa shape index (κ2) is 6.81. The number of aromatic nitrogens is 2. The molecule has 0 saturated carbocycles. The number of halogens is 1. The van der Waals surface area contributed by atoms with Gasteiger partial charge < -0.3 is 15.5 Å². The SMILES string of the molecule is O=C(O)CC(Nc1ncnc2scc(-c3ccc(F)cc3)c12)C(=O)O. The van der Waals surface area contributed by atoms with Crippen LogP contribution in [-0.2, 0) is 9.59 Å². The van der Waals surface area contributed by atoms with Gasteiger partial charge in [0.05, 0.1) is 11.8 Å². The molecule has 2 aromatic heterocycles. The largest absolute Gasteiger partial charge is 0.481 e. The summed E-state index contributed by atoms with van der Waals surface area (Å²) in [5, 5.41) is 23.1. The van der Waals surface area contributed by atoms with Gasteiger partial charge in [0.15, 0.2) is 0 Å². The van der Waals surface area contributed by atoms with Crippen LogP contribution in [0.3, 0.4) is 0 Å². The van der Waals surface area contributed by atoms with Gasteiger partial charge in [-0.25, -0.2) is 19.2 Å². The normalized spacial score (nSPS) is 12.0. The van der Waals surface area contributed by atoms with E-state index in [2.05, 4.69) is 15.3 Å². The second-order valence-electron chi connectivity index (χ2n) is 5.19. The molecule has 0 fully saturated rings. The van der Waals surface area contributed by atoms with Crippen molar-refractivity contribution in [2.45, 2.75) is 12.5 Å². The van der Waals surface area contributed by atoms with E-state index in [1.165, 1.54) is 29.8 Å². The second-order valence-corrected chi connectivity index (χ2v) is 6.05. The summed E-state index contributed by atoms with van der Waals surface area (Å²) in [5.74, 6) is -2.69. The average molecular weight is 361 g/mol. The molecule has 0 aliphatic carbocycles. The quantitative estimate of drug-likeness (QED) is 0.619. The first-order valence-electron chi connectivity index (χ1n) is 7.15. The lowest BCUT2D eigenvalue weighted by molar-refractivity contribution is -0.144. The lowest BCUT2D eigenvalue weighted by Crippen LogP contribution is -2.32. The van der Waals surface area contributed by atoms with Crippen molar-refractivity contribution in [3.05, 3.63) is 41.8 Å². The Morgan fingerprint density at radius 1 is 1.20 bits per heavy atom. The third-order valence-electron chi connectivity index (χ3n) is 3.51. The van der Waals surface area contributed by atoms with E-state index >= 15 is 0 Å². The number of hydrogen-bond donors (Lipinski definition) is 3. The predicted octanol–water partition coefficient (Wildman–Crippen LogP) is 2.84. The highest BCUT2D eigenvalue weighted by Crippen LogP contribution is 2.36. The zero-order valence-electron chi connectivity index (χ0n) is 12.6. The van der Waals surface area contributed by atoms with Crippen LogP contribution in [0.2, 0.25) is 0 Å². The van der Waals surface area contributed by atoms with Gasteiger partial charge in [-0.2, -0.15) is 0 Å². The Balaban J connectivity index is 2.06. The summed E-state index contributed by atoms with van der Waals surface area (Å²) >= 11 is 1.33. The summed E-state index contributed by atoms with van der Waals surface area (Å²) in [4.78, 5) is 31.0. The van der Waals surface area contributed by atoms with Crippen molar-refractivity contribution in [3.8, 4) is 11.1 Å². The Labute approximate surface area is 144 Å². The van der Waals surface area contributed by atoms with Gasteiger partial charge in [-0.15, -0.1) is 11.3 Å². The Kier molecular flexibility index (Phi) is 4.57. The van der Waals surface area contributed by atoms with Gasteiger partial charge in [-0.3, -0.25) is 4.79 Å². The van der Waals surface area contributed by atoms with Crippen molar-refractivity contribution in [3.63, 3.8) is 0 Å². The fourth-order valence-electron chi connectivity index (χ4n) is 2.37. The molecule has 2 heterocycles. The van der Waals surface area contributed by atoms with E-state index < -0.39 is 24.4 Å². The van der Waals surface area contributed by atoms with Crippen LogP contribution in [0, 0.1) is 5.82 Å². The number of rotatable bonds is 6. The van der Waals surface area contributed by atoms with Crippen molar-refractivity contribution in [1.29, 1.82) is 0 Å². The van der Waals surface area contributed by atoms with E-state index in [1.807, 2.05) is 5.38 Å². The third-order valence-corrected chi connectivity index (χ3v) is 4.40. The molecule has 0 bridgehead atoms. The molecule has 128 valence electrons. The molecule has 3 rings (SSSR count). The van der Waals surface area contributed by atoms with Gasteiger partial charge >= 0.3 is 11.9 Å². The fourth-order valence-corrected chi connectivity index (χ4v) is 3.28. The van der Waals surface area contributed by atoms with Crippen LogP contribution in [0.1, 0.15) is 6.42 Å². The summed E-state index contributed by atoms with van der Waals surface area (Å²) in [6, 6.07) is 4.50. The molecule has 0 aliphatic heterocycles. The molecule has 1 unspecified atom stereocenters. The maximum atomic E-state index is 13.1. The third kappa shape index (κ3) is 3.56. The lowest BCUT2D eigenvalue weighted by atomic mass is 10.1. The van der Waals surface area contributed by atoms with E-state index in [-0.39, 0.29) is 11.6 Å². The van der Waals surface area contributed by atoms with Crippen LogP contribution < -0.4 is 5.32 Å². The standard InChI is InChI=1S/C16H12FN3O4S/c17-9-3-1-8(2-4-9)10-6-25-15-13(10)14(18-7-19-15)20-11(16(23)24)5-12(21)22/h1-4,6-7,11H,5H2,(H,21,22)(H,23,24)(H,18,19,20). The number of nitrogens with one attached hydrogen (secondary N) is 1. The number of carboxylic acid groups (broad SMARTS) is 2. The number of benzene rings is 1. The molecule has 0 amide bonds. The first-order chi connectivity index (χ1) is 12.0. The number of carbonyl (C=O) groups is 2. The van der Waals surface area contributed by atoms with Crippen molar-refractivity contribution in [1.82, 2.24) is 9.97 Å². The number of fused-ring (bicyclic) bond motifs is 1. The van der Waals surface area contributed by atoms with Gasteiger partial charge in [0.25, 0.3) is 0 Å². The molecular weight excluding hydrogens is 349 g/mol. The van der Waals surface area contributed by atoms with Gasteiger partial charge in [-0.1, -0.05) is 12.1 Å². The summed E-state index contributed by atoms with van der Waals surface area (Å²) < 4.78 is 13.1. The van der Waals surface area contributed by atoms with E-state index in [0.29, 0.717) is 15.8 Å². The highest BCUT2D eigenvalue weighted by molar-refractivity contribution is 7.17. The first-order valence-corrected chi connectivity index (χ1v) is 8.03. The van der Waals surface area contributed by atoms with Crippen LogP contribution in [0.15, 0.2) is 36.0 Å². The number of aliphatic carboxylic acids is 2. The van der Waals surface area contributed by atoms with E-state index in [9.17, 15) is 19.1 Å². The Morgan fingerprint density at radius 3 is 2.56 bits per heavy atom. The zero-order valence-corrected chi connectivity index (χ0v) is 13.5. The van der Waals surface area contributed by atoms with E-state index in [1.54, 1.807) is 12.1 Å². The smallest absolute Gasteiger partial charge is 0.326 e. The van der Waals surface area contributed by atoms with Crippen molar-refractivity contribution >= 4 is 39.3 Å². The molecule has 0 radical (unpaired) electrons. The minimum Gasteiger partial charge on any atom is -0.481 e. The van der Waals surface area contributed by atoms with E-state index in [0.717, 1.165) is 5.56 Å². The minimum absolute atomic E-state index is 0.222. The summed E-state index contributed by atoms with van der Waals surface area (Å²) in [6.45, 7) is 0. The van der Waals surface area contributed by atoms with Gasteiger partial charge in [-0.05, 0) is 17.7 Å². The van der Waals surface area contributed by atoms with Gasteiger partial charge in [0.1, 0.15) is 28.8 Å². The van der Waals surface area contributed by atoms with Crippen LogP contribution in [0.25, 0.3) is 21.3 Å². The van der Waals surface area contributed by atoms with Crippen molar-refractivity contribution in [2.75, 3.05) is 5.32 Å². The maximum absolute atomic E-state index is 13.1. The average Bonchev–Trinajstić information content (AvgIpc) is 2.99. The highest BCUT2D eigenvalue weighted by atomic mass is 32.1. The monoisotopic (exact) mass is 361 g/mol. The Morgan fingerprint density at radius 2 is 1.92 bits per heavy atom. The number of nitrogens with zero attached hydrogens (tertiary/aromatic N) is 2. The maximum Gasteiger partial charge on any atom is 0.326 e. The molecule has 1 aromatic carbocycles. The summed E-state index contributed by atoms with van der Waals surface area (Å²) in [7, 11) is 0. The number of hydrogen-bond acceptors (Lipinski definition) is 6. The van der Waals surface area contributed by atoms with Crippen LogP contribution in [0.4, 0.5) is 10.2 Å². The number of anilines is 1. The number of carboxylic acids is 2. The molecule has 0 saturated heterocycles. The molecule has 25 heavy (non-hydrogen) atoms. The number of thiophene rings is 1. The molecule has 7 nitrogen and oxygen atoms in total. The Bertz CT molecular complexity index is 942. The predicted molar refractivity (Wildman–Crippen MR) is 90.1 cm³/mol. The van der Waals surface area contributed by atoms with Crippen molar-refractivity contribution in [2.24, 2.45) is 0 Å². The van der Waals surface area contributed by atoms with Gasteiger partial charge in [0.2, 0.25) is 0 Å². The topological polar surface area (TPSA) is 112 Å². The highest BCUT2D eigenvalue weighted by Gasteiger charge is 2.23. The van der Waals surface area contributed by atoms with Crippen LogP contribution in [0.5, 0.6) is 0 Å². The lowest BCUT2D eigenvalue weighted by Gasteiger charge is -2.14. The molecule has 3 aromatic rings. The molecule has 3 N–H and O–H groups in total. The molecule has 1 atom stereocenters. The van der Waals surface area contributed by atoms with Crippen molar-refractivity contribution < 1.29 is 24.2 Å². The van der Waals surface area contributed by atoms with E-state index in [4.69, 9.17) is 5.11 Å². The molecule has 9 heteroatoms. The molecule has 0 spiro atoms. The van der Waals surface area contributed by atoms with Gasteiger partial charge in [0, 0.05) is 10.9 Å². The fraction of sp³-hybridized carbons (Fsp3) is 0.125.